The third-order valence-electron chi connectivity index (χ3n) is 8.31. The number of hydrogen-bond acceptors (Lipinski definition) is 2. The molecule has 0 fully saturated rings. The number of aromatic nitrogens is 4. The SMILES string of the molecule is CCCCc1c2nc(c(CCCC)c3ccc([nH]3)c(CCCC)c3ccc([nH]3)c(CCCC)c3nc1C=C3)C=C2. The minimum atomic E-state index is 0.993. The van der Waals surface area contributed by atoms with Crippen molar-refractivity contribution in [2.45, 2.75) is 105 Å². The van der Waals surface area contributed by atoms with E-state index in [0.717, 1.165) is 93.4 Å². The number of hydrogen-bond donors (Lipinski definition) is 2. The van der Waals surface area contributed by atoms with E-state index in [2.05, 4.69) is 86.2 Å². The van der Waals surface area contributed by atoms with Gasteiger partial charge in [0, 0.05) is 38.8 Å². The minimum Gasteiger partial charge on any atom is -0.355 e. The predicted octanol–water partition coefficient (Wildman–Crippen LogP) is 10.0. The Morgan fingerprint density at radius 3 is 1.10 bits per heavy atom. The summed E-state index contributed by atoms with van der Waals surface area (Å²) in [4.78, 5) is 18.2. The summed E-state index contributed by atoms with van der Waals surface area (Å²) in [5.74, 6) is 0. The highest BCUT2D eigenvalue weighted by Crippen LogP contribution is 2.29. The number of rotatable bonds is 12. The zero-order valence-corrected chi connectivity index (χ0v) is 25.0. The first-order valence-corrected chi connectivity index (χ1v) is 15.8. The molecular formula is C36H46N4. The van der Waals surface area contributed by atoms with Crippen molar-refractivity contribution in [1.29, 1.82) is 0 Å². The minimum absolute atomic E-state index is 0.993. The Morgan fingerprint density at radius 2 is 0.725 bits per heavy atom. The van der Waals surface area contributed by atoms with E-state index in [1.54, 1.807) is 0 Å². The van der Waals surface area contributed by atoms with Gasteiger partial charge < -0.3 is 9.97 Å². The molecule has 5 rings (SSSR count). The largest absolute Gasteiger partial charge is 0.355 e. The molecule has 0 unspecified atom stereocenters. The van der Waals surface area contributed by atoms with Gasteiger partial charge in [-0.25, -0.2) is 9.97 Å². The Balaban J connectivity index is 1.88. The molecule has 3 aromatic rings. The summed E-state index contributed by atoms with van der Waals surface area (Å²) in [6.07, 6.45) is 22.2. The van der Waals surface area contributed by atoms with Crippen LogP contribution in [0.1, 0.15) is 124 Å². The van der Waals surface area contributed by atoms with Crippen LogP contribution >= 0.6 is 0 Å². The van der Waals surface area contributed by atoms with Gasteiger partial charge in [0.15, 0.2) is 0 Å². The van der Waals surface area contributed by atoms with Crippen LogP contribution < -0.4 is 0 Å². The van der Waals surface area contributed by atoms with E-state index in [9.17, 15) is 0 Å². The van der Waals surface area contributed by atoms with E-state index in [4.69, 9.17) is 9.97 Å². The van der Waals surface area contributed by atoms with Crippen LogP contribution in [0.15, 0.2) is 24.3 Å². The second-order valence-corrected chi connectivity index (χ2v) is 11.3. The molecule has 0 saturated carbocycles. The van der Waals surface area contributed by atoms with Gasteiger partial charge in [-0.05, 0) is 105 Å². The van der Waals surface area contributed by atoms with Crippen LogP contribution in [0.5, 0.6) is 0 Å². The standard InChI is InChI=1S/C36H46N4/c1-5-9-13-25-29-17-19-31(37-29)26(14-10-6-2)33-21-23-35(39-33)28(16-12-8-4)36-24-22-34(40-36)27(15-11-7-3)32-20-18-30(25)38-32/h17-24,37-38H,5-16H2,1-4H3. The Kier molecular flexibility index (Phi) is 9.36. The van der Waals surface area contributed by atoms with Crippen molar-refractivity contribution in [3.05, 3.63) is 69.3 Å². The quantitative estimate of drug-likeness (QED) is 0.167. The van der Waals surface area contributed by atoms with Crippen molar-refractivity contribution in [1.82, 2.24) is 19.9 Å². The first kappa shape index (κ1) is 28.1. The number of unbranched alkanes of at least 4 members (excludes halogenated alkanes) is 4. The maximum Gasteiger partial charge on any atom is 0.0691 e. The van der Waals surface area contributed by atoms with E-state index in [0.29, 0.717) is 0 Å². The molecule has 0 radical (unpaired) electrons. The number of aromatic amines is 2. The van der Waals surface area contributed by atoms with Crippen LogP contribution in [0.2, 0.25) is 0 Å². The average Bonchev–Trinajstić information content (AvgIpc) is 3.78. The molecule has 2 N–H and O–H groups in total. The normalized spacial score (nSPS) is 12.5. The first-order valence-electron chi connectivity index (χ1n) is 15.8. The van der Waals surface area contributed by atoms with Gasteiger partial charge >= 0.3 is 0 Å². The molecule has 4 heteroatoms. The van der Waals surface area contributed by atoms with Gasteiger partial charge in [-0.2, -0.15) is 0 Å². The molecule has 0 atom stereocenters. The zero-order chi connectivity index (χ0) is 27.9. The molecule has 8 bridgehead atoms. The fourth-order valence-corrected chi connectivity index (χ4v) is 5.91. The van der Waals surface area contributed by atoms with Crippen molar-refractivity contribution in [3.8, 4) is 0 Å². The average molecular weight is 535 g/mol. The summed E-state index contributed by atoms with van der Waals surface area (Å²) >= 11 is 0. The lowest BCUT2D eigenvalue weighted by molar-refractivity contribution is 0.785. The number of nitrogens with one attached hydrogen (secondary N) is 2. The van der Waals surface area contributed by atoms with E-state index >= 15 is 0 Å². The molecule has 0 aliphatic carbocycles. The molecule has 40 heavy (non-hydrogen) atoms. The van der Waals surface area contributed by atoms with Gasteiger partial charge in [0.2, 0.25) is 0 Å². The van der Waals surface area contributed by atoms with Gasteiger partial charge in [0.1, 0.15) is 0 Å². The maximum absolute atomic E-state index is 5.27. The van der Waals surface area contributed by atoms with Gasteiger partial charge in [-0.1, -0.05) is 53.4 Å². The van der Waals surface area contributed by atoms with Crippen molar-refractivity contribution >= 4 is 46.4 Å². The molecule has 2 aliphatic rings. The van der Waals surface area contributed by atoms with Crippen LogP contribution in [0.3, 0.4) is 0 Å². The van der Waals surface area contributed by atoms with Crippen LogP contribution in [-0.4, -0.2) is 19.9 Å². The fourth-order valence-electron chi connectivity index (χ4n) is 5.91. The smallest absolute Gasteiger partial charge is 0.0691 e. The maximum atomic E-state index is 5.27. The topological polar surface area (TPSA) is 57.4 Å². The molecule has 0 saturated heterocycles. The molecular weight excluding hydrogens is 488 g/mol. The van der Waals surface area contributed by atoms with Crippen LogP contribution in [0, 0.1) is 0 Å². The second-order valence-electron chi connectivity index (χ2n) is 11.3. The van der Waals surface area contributed by atoms with E-state index in [-0.39, 0.29) is 0 Å². The summed E-state index contributed by atoms with van der Waals surface area (Å²) in [7, 11) is 0. The predicted molar refractivity (Wildman–Crippen MR) is 173 cm³/mol. The fraction of sp³-hybridized carbons (Fsp3) is 0.444. The Hall–Kier alpha value is -3.40. The highest BCUT2D eigenvalue weighted by atomic mass is 14.8. The summed E-state index contributed by atoms with van der Waals surface area (Å²) in [6.45, 7) is 9.06. The molecule has 0 aromatic carbocycles. The van der Waals surface area contributed by atoms with E-state index < -0.39 is 0 Å². The lowest BCUT2D eigenvalue weighted by Gasteiger charge is -2.05. The number of aryl methyl sites for hydroxylation is 3. The second kappa shape index (κ2) is 13.3. The Labute approximate surface area is 240 Å². The molecule has 0 amide bonds. The van der Waals surface area contributed by atoms with Crippen molar-refractivity contribution < 1.29 is 0 Å². The van der Waals surface area contributed by atoms with Crippen molar-refractivity contribution in [2.24, 2.45) is 0 Å². The third kappa shape index (κ3) is 6.01. The number of nitrogens with zero attached hydrogens (tertiary/aromatic N) is 2. The molecule has 0 spiro atoms. The van der Waals surface area contributed by atoms with E-state index in [1.165, 1.54) is 50.7 Å². The van der Waals surface area contributed by atoms with Crippen LogP contribution in [0.4, 0.5) is 0 Å². The molecule has 2 aliphatic heterocycles. The third-order valence-corrected chi connectivity index (χ3v) is 8.31. The van der Waals surface area contributed by atoms with Gasteiger partial charge in [0.25, 0.3) is 0 Å². The van der Waals surface area contributed by atoms with Crippen molar-refractivity contribution in [3.63, 3.8) is 0 Å². The highest BCUT2D eigenvalue weighted by Gasteiger charge is 2.16. The number of H-pyrrole nitrogens is 2. The summed E-state index contributed by atoms with van der Waals surface area (Å²) < 4.78 is 0. The monoisotopic (exact) mass is 534 g/mol. The Morgan fingerprint density at radius 1 is 0.425 bits per heavy atom. The lowest BCUT2D eigenvalue weighted by atomic mass is 10.0. The van der Waals surface area contributed by atoms with Crippen molar-refractivity contribution in [2.75, 3.05) is 0 Å². The molecule has 3 aromatic heterocycles. The van der Waals surface area contributed by atoms with Gasteiger partial charge in [-0.15, -0.1) is 0 Å². The highest BCUT2D eigenvalue weighted by molar-refractivity contribution is 5.83. The molecule has 4 nitrogen and oxygen atoms in total. The van der Waals surface area contributed by atoms with Crippen LogP contribution in [0.25, 0.3) is 46.4 Å². The van der Waals surface area contributed by atoms with Gasteiger partial charge in [-0.3, -0.25) is 0 Å². The molecule has 210 valence electrons. The first-order chi connectivity index (χ1) is 19.7. The summed E-state index contributed by atoms with van der Waals surface area (Å²) in [6, 6.07) is 9.10. The summed E-state index contributed by atoms with van der Waals surface area (Å²) in [5, 5.41) is 0. The Bertz CT molecular complexity index is 1440. The summed E-state index contributed by atoms with van der Waals surface area (Å²) in [5.41, 5.74) is 14.4. The van der Waals surface area contributed by atoms with Crippen LogP contribution in [-0.2, 0) is 25.7 Å². The van der Waals surface area contributed by atoms with Gasteiger partial charge in [0.05, 0.1) is 22.8 Å². The molecule has 5 heterocycles. The number of fused-ring (bicyclic) bond motifs is 8. The van der Waals surface area contributed by atoms with E-state index in [1.807, 2.05) is 0 Å². The lowest BCUT2D eigenvalue weighted by Crippen LogP contribution is -1.96. The zero-order valence-electron chi connectivity index (χ0n) is 25.0.